The van der Waals surface area contributed by atoms with Crippen molar-refractivity contribution in [1.82, 2.24) is 4.57 Å². The van der Waals surface area contributed by atoms with Gasteiger partial charge in [-0.15, -0.1) is 11.3 Å². The average Bonchev–Trinajstić information content (AvgIpc) is 2.99. The molecule has 1 aromatic heterocycles. The van der Waals surface area contributed by atoms with Crippen LogP contribution >= 0.6 is 27.3 Å². The highest BCUT2D eigenvalue weighted by Gasteiger charge is 2.14. The second-order valence-electron chi connectivity index (χ2n) is 5.38. The lowest BCUT2D eigenvalue weighted by Gasteiger charge is -2.08. The van der Waals surface area contributed by atoms with Crippen LogP contribution in [0.25, 0.3) is 17.3 Å². The molecule has 0 N–H and O–H groups in total. The molecule has 5 nitrogen and oxygen atoms in total. The maximum Gasteiger partial charge on any atom is 0.273 e. The number of benzene rings is 2. The van der Waals surface area contributed by atoms with E-state index in [1.165, 1.54) is 11.7 Å². The summed E-state index contributed by atoms with van der Waals surface area (Å²) in [4.78, 5) is 13.1. The number of hydrogen-bond acceptors (Lipinski definition) is 5. The fraction of sp³-hybridized carbons (Fsp3) is 0.0500. The minimum absolute atomic E-state index is 0.128. The number of methoxy groups -OCH3 is 1. The Balaban J connectivity index is 2.43. The van der Waals surface area contributed by atoms with Crippen molar-refractivity contribution >= 4 is 38.9 Å². The lowest BCUT2D eigenvalue weighted by Crippen LogP contribution is -2.31. The van der Waals surface area contributed by atoms with Gasteiger partial charge in [-0.25, -0.2) is 0 Å². The van der Waals surface area contributed by atoms with Gasteiger partial charge in [0.1, 0.15) is 22.6 Å². The molecule has 0 saturated carbocycles. The zero-order valence-corrected chi connectivity index (χ0v) is 16.5. The summed E-state index contributed by atoms with van der Waals surface area (Å²) >= 11 is 4.51. The van der Waals surface area contributed by atoms with Gasteiger partial charge in [-0.1, -0.05) is 40.2 Å². The van der Waals surface area contributed by atoms with E-state index in [-0.39, 0.29) is 15.8 Å². The molecule has 0 amide bonds. The molecule has 0 aliphatic rings. The smallest absolute Gasteiger partial charge is 0.273 e. The molecule has 0 unspecified atom stereocenters. The van der Waals surface area contributed by atoms with Crippen LogP contribution in [-0.2, 0) is 0 Å². The van der Waals surface area contributed by atoms with Crippen LogP contribution in [0.1, 0.15) is 5.56 Å². The normalized spacial score (nSPS) is 10.9. The topological polar surface area (TPSA) is 78.8 Å². The van der Waals surface area contributed by atoms with Crippen LogP contribution in [-0.4, -0.2) is 11.7 Å². The molecular weight excluding hydrogens is 426 g/mol. The first-order chi connectivity index (χ1) is 13.1. The first kappa shape index (κ1) is 18.7. The van der Waals surface area contributed by atoms with Gasteiger partial charge in [-0.3, -0.25) is 9.36 Å². The average molecular weight is 438 g/mol. The van der Waals surface area contributed by atoms with Gasteiger partial charge in [0, 0.05) is 4.47 Å². The van der Waals surface area contributed by atoms with E-state index in [2.05, 4.69) is 15.9 Å². The Bertz CT molecular complexity index is 1260. The number of ether oxygens (including phenoxy) is 1. The molecule has 1 heterocycles. The van der Waals surface area contributed by atoms with E-state index in [1.807, 2.05) is 36.4 Å². The Kier molecular flexibility index (Phi) is 5.56. The van der Waals surface area contributed by atoms with Crippen molar-refractivity contribution in [1.29, 1.82) is 10.5 Å². The van der Waals surface area contributed by atoms with Gasteiger partial charge in [0.05, 0.1) is 17.3 Å². The summed E-state index contributed by atoms with van der Waals surface area (Å²) in [6.45, 7) is 0. The fourth-order valence-electron chi connectivity index (χ4n) is 2.55. The van der Waals surface area contributed by atoms with Crippen LogP contribution in [0.2, 0.25) is 0 Å². The van der Waals surface area contributed by atoms with Crippen molar-refractivity contribution < 1.29 is 4.74 Å². The second kappa shape index (κ2) is 8.05. The van der Waals surface area contributed by atoms with Crippen molar-refractivity contribution in [3.05, 3.63) is 78.1 Å². The number of halogens is 1. The fourth-order valence-corrected chi connectivity index (χ4v) is 4.02. The summed E-state index contributed by atoms with van der Waals surface area (Å²) in [7, 11) is 1.50. The SMILES string of the molecule is COc1ccccc1-n1c(=C(C#N)C#N)s/c(=C/c2cccc(Br)c2)c1=O. The van der Waals surface area contributed by atoms with Crippen LogP contribution in [0.5, 0.6) is 5.75 Å². The van der Waals surface area contributed by atoms with E-state index in [9.17, 15) is 15.3 Å². The zero-order chi connectivity index (χ0) is 19.4. The molecule has 3 rings (SSSR count). The first-order valence-corrected chi connectivity index (χ1v) is 9.37. The minimum atomic E-state index is -0.317. The first-order valence-electron chi connectivity index (χ1n) is 7.76. The molecule has 0 fully saturated rings. The molecule has 0 saturated heterocycles. The molecule has 0 atom stereocenters. The number of rotatable bonds is 3. The number of thiazole rings is 1. The van der Waals surface area contributed by atoms with Gasteiger partial charge in [-0.05, 0) is 35.9 Å². The molecule has 3 aromatic rings. The molecule has 0 aliphatic heterocycles. The van der Waals surface area contributed by atoms with Gasteiger partial charge in [-0.2, -0.15) is 10.5 Å². The Morgan fingerprint density at radius 1 is 1.19 bits per heavy atom. The number of para-hydroxylation sites is 2. The summed E-state index contributed by atoms with van der Waals surface area (Å²) in [5.41, 5.74) is 0.865. The van der Waals surface area contributed by atoms with Gasteiger partial charge < -0.3 is 4.74 Å². The summed E-state index contributed by atoms with van der Waals surface area (Å²) in [6.07, 6.45) is 1.74. The third-order valence-corrected chi connectivity index (χ3v) is 5.32. The number of nitrogens with zero attached hydrogens (tertiary/aromatic N) is 3. The van der Waals surface area contributed by atoms with Crippen LogP contribution in [0.3, 0.4) is 0 Å². The largest absolute Gasteiger partial charge is 0.495 e. The van der Waals surface area contributed by atoms with Crippen LogP contribution in [0.4, 0.5) is 0 Å². The molecule has 0 radical (unpaired) electrons. The van der Waals surface area contributed by atoms with Gasteiger partial charge in [0.25, 0.3) is 5.56 Å². The van der Waals surface area contributed by atoms with Gasteiger partial charge in [0.15, 0.2) is 5.57 Å². The van der Waals surface area contributed by atoms with Crippen LogP contribution in [0, 0.1) is 22.7 Å². The monoisotopic (exact) mass is 437 g/mol. The van der Waals surface area contributed by atoms with E-state index in [4.69, 9.17) is 4.74 Å². The highest BCUT2D eigenvalue weighted by Crippen LogP contribution is 2.19. The molecule has 0 bridgehead atoms. The quantitative estimate of drug-likeness (QED) is 0.630. The molecule has 0 spiro atoms. The molecule has 132 valence electrons. The summed E-state index contributed by atoms with van der Waals surface area (Å²) in [5.74, 6) is 0.475. The highest BCUT2D eigenvalue weighted by atomic mass is 79.9. The Morgan fingerprint density at radius 3 is 2.59 bits per heavy atom. The van der Waals surface area contributed by atoms with Crippen LogP contribution < -0.4 is 19.5 Å². The summed E-state index contributed by atoms with van der Waals surface area (Å²) < 4.78 is 8.29. The molecular formula is C20H12BrN3O2S. The van der Waals surface area contributed by atoms with Crippen molar-refractivity contribution in [3.63, 3.8) is 0 Å². The van der Waals surface area contributed by atoms with E-state index in [1.54, 1.807) is 30.3 Å². The molecule has 7 heteroatoms. The number of aromatic nitrogens is 1. The lowest BCUT2D eigenvalue weighted by atomic mass is 10.2. The Morgan fingerprint density at radius 2 is 1.93 bits per heavy atom. The van der Waals surface area contributed by atoms with E-state index >= 15 is 0 Å². The van der Waals surface area contributed by atoms with E-state index in [0.717, 1.165) is 21.4 Å². The third-order valence-electron chi connectivity index (χ3n) is 3.73. The van der Waals surface area contributed by atoms with Gasteiger partial charge >= 0.3 is 0 Å². The molecule has 0 aliphatic carbocycles. The lowest BCUT2D eigenvalue weighted by molar-refractivity contribution is 0.412. The maximum absolute atomic E-state index is 13.1. The predicted octanol–water partition coefficient (Wildman–Crippen LogP) is 2.70. The van der Waals surface area contributed by atoms with Crippen molar-refractivity contribution in [3.8, 4) is 23.6 Å². The van der Waals surface area contributed by atoms with Crippen molar-refractivity contribution in [2.45, 2.75) is 0 Å². The zero-order valence-electron chi connectivity index (χ0n) is 14.1. The minimum Gasteiger partial charge on any atom is -0.495 e. The van der Waals surface area contributed by atoms with E-state index < -0.39 is 0 Å². The standard InChI is InChI=1S/C20H12BrN3O2S/c1-26-17-8-3-2-7-16(17)24-19(25)18(27-20(24)14(11-22)12-23)10-13-5-4-6-15(21)9-13/h2-10H,1H3/b18-10+. The van der Waals surface area contributed by atoms with Crippen molar-refractivity contribution in [2.75, 3.05) is 7.11 Å². The maximum atomic E-state index is 13.1. The Labute approximate surface area is 167 Å². The Hall–Kier alpha value is -3.13. The van der Waals surface area contributed by atoms with Crippen LogP contribution in [0.15, 0.2) is 57.8 Å². The molecule has 27 heavy (non-hydrogen) atoms. The molecule has 2 aromatic carbocycles. The summed E-state index contributed by atoms with van der Waals surface area (Å²) in [5, 5.41) is 18.7. The predicted molar refractivity (Wildman–Crippen MR) is 108 cm³/mol. The highest BCUT2D eigenvalue weighted by molar-refractivity contribution is 9.10. The third kappa shape index (κ3) is 3.70. The van der Waals surface area contributed by atoms with E-state index in [0.29, 0.717) is 16.0 Å². The van der Waals surface area contributed by atoms with Crippen molar-refractivity contribution in [2.24, 2.45) is 0 Å². The number of hydrogen-bond donors (Lipinski definition) is 0. The summed E-state index contributed by atoms with van der Waals surface area (Å²) in [6, 6.07) is 18.2. The number of nitriles is 2. The van der Waals surface area contributed by atoms with Gasteiger partial charge in [0.2, 0.25) is 0 Å². The second-order valence-corrected chi connectivity index (χ2v) is 7.33.